The molecule has 0 bridgehead atoms. The molecule has 106 valence electrons. The van der Waals surface area contributed by atoms with Crippen LogP contribution in [0.25, 0.3) is 0 Å². The molecule has 20 heavy (non-hydrogen) atoms. The first kappa shape index (κ1) is 14.8. The lowest BCUT2D eigenvalue weighted by Gasteiger charge is -2.09. The van der Waals surface area contributed by atoms with Gasteiger partial charge in [0.05, 0.1) is 5.02 Å². The minimum Gasteiger partial charge on any atom is -0.399 e. The van der Waals surface area contributed by atoms with Gasteiger partial charge < -0.3 is 5.73 Å². The van der Waals surface area contributed by atoms with Gasteiger partial charge >= 0.3 is 0 Å². The number of nitrogen functional groups attached to an aromatic ring is 1. The number of nitrogens with zero attached hydrogens (tertiary/aromatic N) is 2. The third-order valence-electron chi connectivity index (χ3n) is 2.18. The van der Waals surface area contributed by atoms with Crippen LogP contribution in [0.2, 0.25) is 10.2 Å². The molecule has 0 spiro atoms. The van der Waals surface area contributed by atoms with Gasteiger partial charge in [-0.15, -0.1) is 0 Å². The van der Waals surface area contributed by atoms with Gasteiger partial charge in [-0.3, -0.25) is 4.72 Å². The predicted molar refractivity (Wildman–Crippen MR) is 73.7 cm³/mol. The van der Waals surface area contributed by atoms with E-state index in [-0.39, 0.29) is 16.7 Å². The lowest BCUT2D eigenvalue weighted by atomic mass is 10.3. The summed E-state index contributed by atoms with van der Waals surface area (Å²) in [6.07, 6.45) is 1.06. The molecule has 1 aromatic heterocycles. The van der Waals surface area contributed by atoms with E-state index in [4.69, 9.17) is 28.9 Å². The molecular formula is C10H7Cl2FN4O2S. The van der Waals surface area contributed by atoms with Gasteiger partial charge in [0.2, 0.25) is 0 Å². The fraction of sp³-hybridized carbons (Fsp3) is 0. The van der Waals surface area contributed by atoms with Crippen LogP contribution in [0.1, 0.15) is 0 Å². The molecule has 0 aliphatic carbocycles. The second-order valence-corrected chi connectivity index (χ2v) is 6.09. The molecule has 1 aromatic carbocycles. The van der Waals surface area contributed by atoms with Gasteiger partial charge in [-0.05, 0) is 12.1 Å². The lowest BCUT2D eigenvalue weighted by molar-refractivity contribution is 0.570. The Labute approximate surface area is 123 Å². The summed E-state index contributed by atoms with van der Waals surface area (Å²) in [7, 11) is -4.24. The Morgan fingerprint density at radius 1 is 1.20 bits per heavy atom. The maximum absolute atomic E-state index is 13.8. The van der Waals surface area contributed by atoms with Crippen molar-refractivity contribution in [1.82, 2.24) is 9.97 Å². The van der Waals surface area contributed by atoms with Gasteiger partial charge in [-0.2, -0.15) is 0 Å². The van der Waals surface area contributed by atoms with Gasteiger partial charge in [-0.25, -0.2) is 22.8 Å². The third kappa shape index (κ3) is 3.09. The van der Waals surface area contributed by atoms with Crippen LogP contribution in [-0.4, -0.2) is 18.4 Å². The summed E-state index contributed by atoms with van der Waals surface area (Å²) < 4.78 is 40.0. The number of halogens is 3. The van der Waals surface area contributed by atoms with Crippen molar-refractivity contribution in [2.24, 2.45) is 0 Å². The molecule has 0 fully saturated rings. The maximum atomic E-state index is 13.8. The third-order valence-corrected chi connectivity index (χ3v) is 4.02. The summed E-state index contributed by atoms with van der Waals surface area (Å²) in [6, 6.07) is 3.23. The van der Waals surface area contributed by atoms with Crippen LogP contribution in [0.15, 0.2) is 29.4 Å². The van der Waals surface area contributed by atoms with E-state index in [2.05, 4.69) is 14.7 Å². The molecule has 10 heteroatoms. The highest BCUT2D eigenvalue weighted by Crippen LogP contribution is 2.27. The lowest BCUT2D eigenvalue weighted by Crippen LogP contribution is -2.16. The first-order chi connectivity index (χ1) is 9.29. The molecular weight excluding hydrogens is 330 g/mol. The summed E-state index contributed by atoms with van der Waals surface area (Å²) in [5.74, 6) is -1.21. The average Bonchev–Trinajstić information content (AvgIpc) is 2.33. The Bertz CT molecular complexity index is 770. The number of aromatic nitrogens is 2. The highest BCUT2D eigenvalue weighted by atomic mass is 35.5. The van der Waals surface area contributed by atoms with E-state index in [1.807, 2.05) is 0 Å². The monoisotopic (exact) mass is 336 g/mol. The Hall–Kier alpha value is -1.64. The molecule has 2 rings (SSSR count). The van der Waals surface area contributed by atoms with E-state index in [0.717, 1.165) is 18.5 Å². The number of nitrogens with one attached hydrogen (secondary N) is 1. The largest absolute Gasteiger partial charge is 0.399 e. The van der Waals surface area contributed by atoms with Gasteiger partial charge in [0.15, 0.2) is 5.82 Å². The van der Waals surface area contributed by atoms with Crippen molar-refractivity contribution in [3.8, 4) is 0 Å². The zero-order valence-corrected chi connectivity index (χ0v) is 12.0. The Kier molecular flexibility index (Phi) is 3.98. The van der Waals surface area contributed by atoms with E-state index in [0.29, 0.717) is 0 Å². The first-order valence-corrected chi connectivity index (χ1v) is 7.28. The van der Waals surface area contributed by atoms with E-state index in [1.165, 1.54) is 6.07 Å². The molecule has 3 N–H and O–H groups in total. The van der Waals surface area contributed by atoms with Crippen molar-refractivity contribution < 1.29 is 12.8 Å². The number of nitrogens with two attached hydrogens (primary N) is 1. The number of anilines is 2. The SMILES string of the molecule is Nc1cc(Cl)c(F)c(S(=O)(=O)Nc2cc(Cl)ncn2)c1. The zero-order valence-electron chi connectivity index (χ0n) is 9.64. The summed E-state index contributed by atoms with van der Waals surface area (Å²) in [6.45, 7) is 0. The normalized spacial score (nSPS) is 11.3. The standard InChI is InChI=1S/C10H7Cl2FN4O2S/c11-6-1-5(14)2-7(10(6)13)20(18,19)17-9-3-8(12)15-4-16-9/h1-4H,14H2,(H,15,16,17). The van der Waals surface area contributed by atoms with Crippen LogP contribution in [0.3, 0.4) is 0 Å². The van der Waals surface area contributed by atoms with Crippen LogP contribution in [0.4, 0.5) is 15.9 Å². The minimum atomic E-state index is -4.24. The van der Waals surface area contributed by atoms with Crippen LogP contribution in [0.5, 0.6) is 0 Å². The fourth-order valence-corrected chi connectivity index (χ4v) is 2.93. The molecule has 0 radical (unpaired) electrons. The highest BCUT2D eigenvalue weighted by molar-refractivity contribution is 7.92. The zero-order chi connectivity index (χ0) is 14.9. The Balaban J connectivity index is 2.46. The van der Waals surface area contributed by atoms with Crippen molar-refractivity contribution in [2.75, 3.05) is 10.5 Å². The number of sulfonamides is 1. The fourth-order valence-electron chi connectivity index (χ4n) is 1.36. The van der Waals surface area contributed by atoms with Crippen molar-refractivity contribution in [3.63, 3.8) is 0 Å². The molecule has 1 heterocycles. The maximum Gasteiger partial charge on any atom is 0.266 e. The number of hydrogen-bond donors (Lipinski definition) is 2. The highest BCUT2D eigenvalue weighted by Gasteiger charge is 2.22. The summed E-state index contributed by atoms with van der Waals surface area (Å²) in [5.41, 5.74) is 5.46. The second kappa shape index (κ2) is 5.39. The Morgan fingerprint density at radius 2 is 1.90 bits per heavy atom. The van der Waals surface area contributed by atoms with Crippen LogP contribution in [-0.2, 0) is 10.0 Å². The molecule has 6 nitrogen and oxygen atoms in total. The molecule has 0 aliphatic heterocycles. The van der Waals surface area contributed by atoms with E-state index >= 15 is 0 Å². The van der Waals surface area contributed by atoms with Crippen molar-refractivity contribution in [2.45, 2.75) is 4.90 Å². The smallest absolute Gasteiger partial charge is 0.266 e. The van der Waals surface area contributed by atoms with Crippen molar-refractivity contribution >= 4 is 44.7 Å². The van der Waals surface area contributed by atoms with Crippen LogP contribution < -0.4 is 10.5 Å². The molecule has 0 saturated heterocycles. The van der Waals surface area contributed by atoms with Gasteiger partial charge in [0, 0.05) is 11.8 Å². The summed E-state index contributed by atoms with van der Waals surface area (Å²) >= 11 is 11.2. The van der Waals surface area contributed by atoms with E-state index in [9.17, 15) is 12.8 Å². The first-order valence-electron chi connectivity index (χ1n) is 5.04. The van der Waals surface area contributed by atoms with Crippen LogP contribution >= 0.6 is 23.2 Å². The Morgan fingerprint density at radius 3 is 2.55 bits per heavy atom. The van der Waals surface area contributed by atoms with Crippen LogP contribution in [0, 0.1) is 5.82 Å². The molecule has 2 aromatic rings. The number of benzene rings is 1. The molecule has 0 amide bonds. The second-order valence-electron chi connectivity index (χ2n) is 3.65. The molecule has 0 aliphatic rings. The van der Waals surface area contributed by atoms with Crippen molar-refractivity contribution in [3.05, 3.63) is 40.5 Å². The topological polar surface area (TPSA) is 98.0 Å². The van der Waals surface area contributed by atoms with Gasteiger partial charge in [-0.1, -0.05) is 23.2 Å². The van der Waals surface area contributed by atoms with Gasteiger partial charge in [0.1, 0.15) is 22.2 Å². The minimum absolute atomic E-state index is 0.0116. The molecule has 0 unspecified atom stereocenters. The molecule has 0 atom stereocenters. The van der Waals surface area contributed by atoms with Gasteiger partial charge in [0.25, 0.3) is 10.0 Å². The summed E-state index contributed by atoms with van der Waals surface area (Å²) in [4.78, 5) is 6.56. The summed E-state index contributed by atoms with van der Waals surface area (Å²) in [5, 5.41) is -0.366. The number of rotatable bonds is 3. The quantitative estimate of drug-likeness (QED) is 0.662. The number of hydrogen-bond acceptors (Lipinski definition) is 5. The predicted octanol–water partition coefficient (Wildman–Crippen LogP) is 2.31. The average molecular weight is 337 g/mol. The molecule has 0 saturated carbocycles. The van der Waals surface area contributed by atoms with E-state index in [1.54, 1.807) is 0 Å². The van der Waals surface area contributed by atoms with Crippen molar-refractivity contribution in [1.29, 1.82) is 0 Å². The van der Waals surface area contributed by atoms with E-state index < -0.39 is 25.8 Å².